The zero-order valence-corrected chi connectivity index (χ0v) is 9.44. The van der Waals surface area contributed by atoms with E-state index in [-0.39, 0.29) is 35.3 Å². The molecule has 0 atom stereocenters. The van der Waals surface area contributed by atoms with E-state index in [0.717, 1.165) is 0 Å². The first-order valence-electron chi connectivity index (χ1n) is 4.68. The lowest BCUT2D eigenvalue weighted by atomic mass is 10.1. The minimum absolute atomic E-state index is 0.0364. The first kappa shape index (κ1) is 13.6. The van der Waals surface area contributed by atoms with Crippen LogP contribution in [0, 0.1) is 11.3 Å². The molecule has 0 radical (unpaired) electrons. The van der Waals surface area contributed by atoms with Crippen molar-refractivity contribution in [3.8, 4) is 6.07 Å². The average molecular weight is 259 g/mol. The summed E-state index contributed by atoms with van der Waals surface area (Å²) in [5, 5.41) is 8.30. The molecular weight excluding hydrogens is 251 g/mol. The largest absolute Gasteiger partial charge is 0.446 e. The molecule has 2 nitrogen and oxygen atoms in total. The lowest BCUT2D eigenvalue weighted by molar-refractivity contribution is -0.0328. The molecule has 17 heavy (non-hydrogen) atoms. The number of hydrogen-bond donors (Lipinski definition) is 0. The van der Waals surface area contributed by atoms with Crippen molar-refractivity contribution >= 4 is 17.5 Å². The zero-order valence-electron chi connectivity index (χ0n) is 8.62. The number of thioether (sulfide) groups is 1. The van der Waals surface area contributed by atoms with Crippen LogP contribution in [0.5, 0.6) is 0 Å². The Labute approximate surface area is 100 Å². The molecule has 0 saturated heterocycles. The highest BCUT2D eigenvalue weighted by Gasteiger charge is 2.29. The Kier molecular flexibility index (Phi) is 4.58. The van der Waals surface area contributed by atoms with Crippen LogP contribution in [0.4, 0.5) is 13.2 Å². The Morgan fingerprint density at radius 3 is 2.35 bits per heavy atom. The molecule has 0 aromatic heterocycles. The fraction of sp³-hybridized carbons (Fsp3) is 0.273. The number of Topliss-reactive ketones (excluding diaryl/α,β-unsaturated/α-hetero) is 1. The predicted molar refractivity (Wildman–Crippen MR) is 57.5 cm³/mol. The van der Waals surface area contributed by atoms with Gasteiger partial charge in [-0.25, -0.2) is 0 Å². The van der Waals surface area contributed by atoms with Crippen LogP contribution in [0.1, 0.15) is 23.2 Å². The second kappa shape index (κ2) is 5.73. The SMILES string of the molecule is N#CCCC(=O)c1ccc(SC(F)(F)F)cc1. The topological polar surface area (TPSA) is 40.9 Å². The van der Waals surface area contributed by atoms with E-state index < -0.39 is 5.51 Å². The molecule has 0 N–H and O–H groups in total. The molecule has 0 unspecified atom stereocenters. The van der Waals surface area contributed by atoms with Crippen LogP contribution in [0.15, 0.2) is 29.2 Å². The maximum Gasteiger partial charge on any atom is 0.446 e. The number of nitrogens with zero attached hydrogens (tertiary/aromatic N) is 1. The second-order valence-electron chi connectivity index (χ2n) is 3.15. The molecule has 1 aromatic carbocycles. The van der Waals surface area contributed by atoms with Crippen LogP contribution in [-0.4, -0.2) is 11.3 Å². The molecule has 0 aliphatic carbocycles. The van der Waals surface area contributed by atoms with Crippen LogP contribution in [-0.2, 0) is 0 Å². The fourth-order valence-electron chi connectivity index (χ4n) is 1.16. The van der Waals surface area contributed by atoms with Crippen molar-refractivity contribution in [3.63, 3.8) is 0 Å². The van der Waals surface area contributed by atoms with Gasteiger partial charge in [0.1, 0.15) is 0 Å². The molecule has 0 aliphatic heterocycles. The van der Waals surface area contributed by atoms with Gasteiger partial charge in [0.25, 0.3) is 0 Å². The van der Waals surface area contributed by atoms with Gasteiger partial charge < -0.3 is 0 Å². The van der Waals surface area contributed by atoms with Crippen molar-refractivity contribution in [2.75, 3.05) is 0 Å². The van der Waals surface area contributed by atoms with Gasteiger partial charge >= 0.3 is 5.51 Å². The summed E-state index contributed by atoms with van der Waals surface area (Å²) in [5.41, 5.74) is -4.00. The van der Waals surface area contributed by atoms with Gasteiger partial charge in [-0.3, -0.25) is 4.79 Å². The van der Waals surface area contributed by atoms with Gasteiger partial charge in [-0.15, -0.1) is 0 Å². The molecule has 0 spiro atoms. The molecule has 0 bridgehead atoms. The van der Waals surface area contributed by atoms with Gasteiger partial charge in [0.2, 0.25) is 0 Å². The summed E-state index contributed by atoms with van der Waals surface area (Å²) in [7, 11) is 0. The first-order chi connectivity index (χ1) is 7.92. The average Bonchev–Trinajstić information content (AvgIpc) is 2.24. The summed E-state index contributed by atoms with van der Waals surface area (Å²) in [6.45, 7) is 0. The highest BCUT2D eigenvalue weighted by molar-refractivity contribution is 8.00. The normalized spacial score (nSPS) is 10.9. The van der Waals surface area contributed by atoms with Gasteiger partial charge in [-0.2, -0.15) is 18.4 Å². The number of hydrogen-bond acceptors (Lipinski definition) is 3. The molecular formula is C11H8F3NOS. The summed E-state index contributed by atoms with van der Waals surface area (Å²) in [6, 6.07) is 7.01. The van der Waals surface area contributed by atoms with Crippen molar-refractivity contribution < 1.29 is 18.0 Å². The minimum Gasteiger partial charge on any atom is -0.294 e. The Morgan fingerprint density at radius 2 is 1.88 bits per heavy atom. The maximum absolute atomic E-state index is 12.0. The number of nitriles is 1. The minimum atomic E-state index is -4.33. The van der Waals surface area contributed by atoms with E-state index in [0.29, 0.717) is 5.56 Å². The number of ketones is 1. The molecule has 90 valence electrons. The van der Waals surface area contributed by atoms with E-state index in [2.05, 4.69) is 0 Å². The molecule has 0 amide bonds. The van der Waals surface area contributed by atoms with Crippen molar-refractivity contribution in [1.29, 1.82) is 5.26 Å². The van der Waals surface area contributed by atoms with E-state index in [4.69, 9.17) is 5.26 Å². The third kappa shape index (κ3) is 4.91. The van der Waals surface area contributed by atoms with Gasteiger partial charge in [0.05, 0.1) is 6.07 Å². The van der Waals surface area contributed by atoms with Gasteiger partial charge in [0.15, 0.2) is 5.78 Å². The van der Waals surface area contributed by atoms with E-state index in [1.165, 1.54) is 24.3 Å². The Morgan fingerprint density at radius 1 is 1.29 bits per heavy atom. The zero-order chi connectivity index (χ0) is 12.9. The van der Waals surface area contributed by atoms with Crippen LogP contribution in [0.25, 0.3) is 0 Å². The number of carbonyl (C=O) groups excluding carboxylic acids is 1. The monoisotopic (exact) mass is 259 g/mol. The summed E-state index contributed by atoms with van der Waals surface area (Å²) in [4.78, 5) is 11.5. The van der Waals surface area contributed by atoms with Gasteiger partial charge in [-0.1, -0.05) is 12.1 Å². The van der Waals surface area contributed by atoms with E-state index in [9.17, 15) is 18.0 Å². The van der Waals surface area contributed by atoms with Crippen molar-refractivity contribution in [3.05, 3.63) is 29.8 Å². The Bertz CT molecular complexity index is 434. The summed E-state index contributed by atoms with van der Waals surface area (Å²) in [6.07, 6.45) is 0.195. The first-order valence-corrected chi connectivity index (χ1v) is 5.50. The number of alkyl halides is 3. The van der Waals surface area contributed by atoms with E-state index in [1.54, 1.807) is 0 Å². The number of halogens is 3. The van der Waals surface area contributed by atoms with Crippen LogP contribution in [0.3, 0.4) is 0 Å². The molecule has 0 saturated carbocycles. The van der Waals surface area contributed by atoms with Crippen LogP contribution >= 0.6 is 11.8 Å². The highest BCUT2D eigenvalue weighted by atomic mass is 32.2. The Balaban J connectivity index is 2.68. The third-order valence-electron chi connectivity index (χ3n) is 1.87. The quantitative estimate of drug-likeness (QED) is 0.610. The molecule has 1 rings (SSSR count). The number of benzene rings is 1. The summed E-state index contributed by atoms with van der Waals surface area (Å²) >= 11 is -0.225. The molecule has 6 heteroatoms. The second-order valence-corrected chi connectivity index (χ2v) is 4.29. The van der Waals surface area contributed by atoms with Crippen LogP contribution in [0.2, 0.25) is 0 Å². The molecule has 1 aromatic rings. The number of carbonyl (C=O) groups is 1. The lowest BCUT2D eigenvalue weighted by Gasteiger charge is -2.05. The fourth-order valence-corrected chi connectivity index (χ4v) is 1.70. The van der Waals surface area contributed by atoms with Gasteiger partial charge in [0, 0.05) is 23.3 Å². The molecule has 0 fully saturated rings. The standard InChI is InChI=1S/C11H8F3NOS/c12-11(13,14)17-9-5-3-8(4-6-9)10(16)2-1-7-15/h3-6H,1-2H2. The van der Waals surface area contributed by atoms with Gasteiger partial charge in [-0.05, 0) is 23.9 Å². The van der Waals surface area contributed by atoms with Crippen molar-refractivity contribution in [1.82, 2.24) is 0 Å². The number of rotatable bonds is 4. The maximum atomic E-state index is 12.0. The third-order valence-corrected chi connectivity index (χ3v) is 2.61. The Hall–Kier alpha value is -1.48. The smallest absolute Gasteiger partial charge is 0.294 e. The van der Waals surface area contributed by atoms with Crippen molar-refractivity contribution in [2.45, 2.75) is 23.2 Å². The molecule has 0 aliphatic rings. The van der Waals surface area contributed by atoms with Crippen LogP contribution < -0.4 is 0 Å². The summed E-state index contributed by atoms with van der Waals surface area (Å²) < 4.78 is 36.1. The molecule has 0 heterocycles. The van der Waals surface area contributed by atoms with Crippen molar-refractivity contribution in [2.24, 2.45) is 0 Å². The summed E-state index contributed by atoms with van der Waals surface area (Å²) in [5.74, 6) is -0.241. The predicted octanol–water partition coefficient (Wildman–Crippen LogP) is 3.78. The highest BCUT2D eigenvalue weighted by Crippen LogP contribution is 2.36. The van der Waals surface area contributed by atoms with E-state index >= 15 is 0 Å². The van der Waals surface area contributed by atoms with E-state index in [1.807, 2.05) is 6.07 Å². The lowest BCUT2D eigenvalue weighted by Crippen LogP contribution is -2.00.